The molecule has 0 aliphatic carbocycles. The van der Waals surface area contributed by atoms with Gasteiger partial charge in [0.2, 0.25) is 5.91 Å². The van der Waals surface area contributed by atoms with Gasteiger partial charge in [-0.1, -0.05) is 18.2 Å². The van der Waals surface area contributed by atoms with E-state index in [2.05, 4.69) is 46.7 Å². The Morgan fingerprint density at radius 2 is 2.17 bits per heavy atom. The Balaban J connectivity index is 0.00000144. The van der Waals surface area contributed by atoms with Crippen molar-refractivity contribution in [1.82, 2.24) is 10.6 Å². The van der Waals surface area contributed by atoms with E-state index in [9.17, 15) is 4.79 Å². The smallest absolute Gasteiger partial charge is 0.220 e. The third-order valence-electron chi connectivity index (χ3n) is 4.99. The molecule has 2 N–H and O–H groups in total. The molecule has 1 amide bonds. The van der Waals surface area contributed by atoms with E-state index in [1.165, 1.54) is 17.7 Å². The molecular formula is C18H29Cl2N3O. The first kappa shape index (κ1) is 21.1. The monoisotopic (exact) mass is 373 g/mol. The average Bonchev–Trinajstić information content (AvgIpc) is 3.19. The highest BCUT2D eigenvalue weighted by Crippen LogP contribution is 2.28. The number of hydrogen-bond donors (Lipinski definition) is 2. The van der Waals surface area contributed by atoms with Crippen LogP contribution in [-0.4, -0.2) is 38.1 Å². The fraction of sp³-hybridized carbons (Fsp3) is 0.611. The summed E-state index contributed by atoms with van der Waals surface area (Å²) in [5, 5.41) is 6.47. The predicted molar refractivity (Wildman–Crippen MR) is 105 cm³/mol. The summed E-state index contributed by atoms with van der Waals surface area (Å²) in [6.45, 7) is 6.18. The molecule has 0 spiro atoms. The Labute approximate surface area is 157 Å². The largest absolute Gasteiger partial charge is 0.366 e. The molecule has 1 aromatic carbocycles. The van der Waals surface area contributed by atoms with Crippen LogP contribution in [0.3, 0.4) is 0 Å². The summed E-state index contributed by atoms with van der Waals surface area (Å²) in [5.41, 5.74) is 2.76. The van der Waals surface area contributed by atoms with Gasteiger partial charge < -0.3 is 15.5 Å². The lowest BCUT2D eigenvalue weighted by Crippen LogP contribution is -2.41. The van der Waals surface area contributed by atoms with Crippen LogP contribution < -0.4 is 15.5 Å². The quantitative estimate of drug-likeness (QED) is 0.805. The highest BCUT2D eigenvalue weighted by molar-refractivity contribution is 5.85. The zero-order valence-corrected chi connectivity index (χ0v) is 15.9. The van der Waals surface area contributed by atoms with E-state index < -0.39 is 0 Å². The van der Waals surface area contributed by atoms with Crippen molar-refractivity contribution in [1.29, 1.82) is 0 Å². The highest BCUT2D eigenvalue weighted by atomic mass is 35.5. The molecule has 0 saturated carbocycles. The number of carbonyl (C=O) groups is 1. The minimum atomic E-state index is 0. The van der Waals surface area contributed by atoms with Crippen LogP contribution in [0.2, 0.25) is 0 Å². The highest BCUT2D eigenvalue weighted by Gasteiger charge is 2.23. The maximum Gasteiger partial charge on any atom is 0.220 e. The summed E-state index contributed by atoms with van der Waals surface area (Å²) in [5.74, 6) is 0.889. The van der Waals surface area contributed by atoms with Gasteiger partial charge in [-0.25, -0.2) is 0 Å². The van der Waals surface area contributed by atoms with Gasteiger partial charge in [0.05, 0.1) is 0 Å². The first-order valence-electron chi connectivity index (χ1n) is 8.56. The van der Waals surface area contributed by atoms with Crippen LogP contribution in [0.1, 0.15) is 31.7 Å². The first-order chi connectivity index (χ1) is 10.7. The van der Waals surface area contributed by atoms with E-state index in [1.54, 1.807) is 0 Å². The molecule has 3 rings (SSSR count). The number of rotatable bonds is 6. The SMILES string of the molecule is CC(CNC(=O)CCC1CCNC1)N1CCc2ccccc21.Cl.Cl. The van der Waals surface area contributed by atoms with Gasteiger partial charge >= 0.3 is 0 Å². The molecule has 2 heterocycles. The van der Waals surface area contributed by atoms with E-state index in [-0.39, 0.29) is 30.7 Å². The summed E-state index contributed by atoms with van der Waals surface area (Å²) in [6.07, 6.45) is 4.01. The summed E-state index contributed by atoms with van der Waals surface area (Å²) in [7, 11) is 0. The van der Waals surface area contributed by atoms with Crippen LogP contribution in [0, 0.1) is 5.92 Å². The molecule has 2 aliphatic rings. The molecular weight excluding hydrogens is 345 g/mol. The van der Waals surface area contributed by atoms with Crippen LogP contribution in [0.4, 0.5) is 5.69 Å². The van der Waals surface area contributed by atoms with Gasteiger partial charge in [0, 0.05) is 31.2 Å². The number of carbonyl (C=O) groups excluding carboxylic acids is 1. The maximum atomic E-state index is 12.0. The van der Waals surface area contributed by atoms with Crippen LogP contribution in [0.5, 0.6) is 0 Å². The van der Waals surface area contributed by atoms with Crippen molar-refractivity contribution >= 4 is 36.4 Å². The molecule has 2 aliphatic heterocycles. The molecule has 0 radical (unpaired) electrons. The fourth-order valence-corrected chi connectivity index (χ4v) is 3.58. The number of fused-ring (bicyclic) bond motifs is 1. The number of nitrogens with zero attached hydrogens (tertiary/aromatic N) is 1. The third-order valence-corrected chi connectivity index (χ3v) is 4.99. The Kier molecular flexibility index (Phi) is 8.88. The lowest BCUT2D eigenvalue weighted by Gasteiger charge is -2.27. The number of para-hydroxylation sites is 1. The second kappa shape index (κ2) is 10.1. The van der Waals surface area contributed by atoms with E-state index in [1.807, 2.05) is 0 Å². The number of hydrogen-bond acceptors (Lipinski definition) is 3. The van der Waals surface area contributed by atoms with E-state index in [0.717, 1.165) is 39.0 Å². The van der Waals surface area contributed by atoms with Gasteiger partial charge in [-0.05, 0) is 56.8 Å². The summed E-state index contributed by atoms with van der Waals surface area (Å²) in [6, 6.07) is 8.94. The molecule has 1 saturated heterocycles. The predicted octanol–water partition coefficient (Wildman–Crippen LogP) is 2.79. The number of halogens is 2. The minimum absolute atomic E-state index is 0. The van der Waals surface area contributed by atoms with Gasteiger partial charge in [0.1, 0.15) is 0 Å². The molecule has 136 valence electrons. The van der Waals surface area contributed by atoms with Gasteiger partial charge in [-0.3, -0.25) is 4.79 Å². The first-order valence-corrected chi connectivity index (χ1v) is 8.56. The third kappa shape index (κ3) is 5.27. The van der Waals surface area contributed by atoms with Crippen molar-refractivity contribution in [2.24, 2.45) is 5.92 Å². The number of nitrogens with one attached hydrogen (secondary N) is 2. The van der Waals surface area contributed by atoms with E-state index in [0.29, 0.717) is 18.4 Å². The molecule has 0 aromatic heterocycles. The van der Waals surface area contributed by atoms with Gasteiger partial charge in [-0.15, -0.1) is 24.8 Å². The second-order valence-corrected chi connectivity index (χ2v) is 6.62. The van der Waals surface area contributed by atoms with Crippen molar-refractivity contribution < 1.29 is 4.79 Å². The van der Waals surface area contributed by atoms with Crippen LogP contribution in [-0.2, 0) is 11.2 Å². The normalized spacial score (nSPS) is 19.9. The molecule has 2 unspecified atom stereocenters. The number of amides is 1. The topological polar surface area (TPSA) is 44.4 Å². The Bertz CT molecular complexity index is 521. The summed E-state index contributed by atoms with van der Waals surface area (Å²) >= 11 is 0. The zero-order chi connectivity index (χ0) is 15.4. The van der Waals surface area contributed by atoms with Crippen molar-refractivity contribution in [3.05, 3.63) is 29.8 Å². The Morgan fingerprint density at radius 3 is 2.92 bits per heavy atom. The lowest BCUT2D eigenvalue weighted by atomic mass is 10.0. The van der Waals surface area contributed by atoms with Gasteiger partial charge in [-0.2, -0.15) is 0 Å². The Hall–Kier alpha value is -0.970. The van der Waals surface area contributed by atoms with Crippen molar-refractivity contribution in [2.75, 3.05) is 31.1 Å². The molecule has 6 heteroatoms. The van der Waals surface area contributed by atoms with Crippen molar-refractivity contribution in [3.8, 4) is 0 Å². The average molecular weight is 374 g/mol. The molecule has 0 bridgehead atoms. The van der Waals surface area contributed by atoms with Crippen molar-refractivity contribution in [2.45, 2.75) is 38.6 Å². The second-order valence-electron chi connectivity index (χ2n) is 6.62. The molecule has 24 heavy (non-hydrogen) atoms. The summed E-state index contributed by atoms with van der Waals surface area (Å²) < 4.78 is 0. The Morgan fingerprint density at radius 1 is 1.38 bits per heavy atom. The fourth-order valence-electron chi connectivity index (χ4n) is 3.58. The van der Waals surface area contributed by atoms with Gasteiger partial charge in [0.25, 0.3) is 0 Å². The van der Waals surface area contributed by atoms with Crippen LogP contribution in [0.15, 0.2) is 24.3 Å². The number of benzene rings is 1. The van der Waals surface area contributed by atoms with Crippen LogP contribution in [0.25, 0.3) is 0 Å². The standard InChI is InChI=1S/C18H27N3O.2ClH/c1-14(21-11-9-16-4-2-3-5-17(16)21)12-20-18(22)7-6-15-8-10-19-13-15;;/h2-5,14-15,19H,6-13H2,1H3,(H,20,22);2*1H. The lowest BCUT2D eigenvalue weighted by molar-refractivity contribution is -0.121. The molecule has 2 atom stereocenters. The minimum Gasteiger partial charge on any atom is -0.366 e. The molecule has 1 fully saturated rings. The number of anilines is 1. The molecule has 1 aromatic rings. The maximum absolute atomic E-state index is 12.0. The van der Waals surface area contributed by atoms with Crippen LogP contribution >= 0.6 is 24.8 Å². The van der Waals surface area contributed by atoms with Crippen molar-refractivity contribution in [3.63, 3.8) is 0 Å². The van der Waals surface area contributed by atoms with Gasteiger partial charge in [0.15, 0.2) is 0 Å². The van der Waals surface area contributed by atoms with E-state index >= 15 is 0 Å². The zero-order valence-electron chi connectivity index (χ0n) is 14.3. The molecule has 4 nitrogen and oxygen atoms in total. The summed E-state index contributed by atoms with van der Waals surface area (Å²) in [4.78, 5) is 14.4. The van der Waals surface area contributed by atoms with E-state index in [4.69, 9.17) is 0 Å².